The minimum absolute atomic E-state index is 0.614. The van der Waals surface area contributed by atoms with Crippen molar-refractivity contribution in [2.75, 3.05) is 18.4 Å². The molecule has 1 aliphatic heterocycles. The Hall–Kier alpha value is 0.190. The first-order valence-electron chi connectivity index (χ1n) is 6.52. The second kappa shape index (κ2) is 6.57. The first-order valence-corrected chi connectivity index (χ1v) is 8.39. The summed E-state index contributed by atoms with van der Waals surface area (Å²) in [6.45, 7) is 6.98. The van der Waals surface area contributed by atoms with Gasteiger partial charge in [-0.15, -0.1) is 0 Å². The highest BCUT2D eigenvalue weighted by molar-refractivity contribution is 14.1. The maximum absolute atomic E-state index is 3.69. The Kier molecular flexibility index (Phi) is 5.33. The minimum Gasteiger partial charge on any atom is -0.381 e. The monoisotopic (exact) mass is 422 g/mol. The molecule has 0 saturated carbocycles. The molecular formula is C14H20BrIN2. The van der Waals surface area contributed by atoms with Crippen molar-refractivity contribution in [2.45, 2.75) is 38.8 Å². The van der Waals surface area contributed by atoms with E-state index in [1.165, 1.54) is 35.2 Å². The third-order valence-corrected chi connectivity index (χ3v) is 4.98. The van der Waals surface area contributed by atoms with Crippen molar-refractivity contribution >= 4 is 44.2 Å². The van der Waals surface area contributed by atoms with Gasteiger partial charge in [-0.05, 0) is 67.5 Å². The van der Waals surface area contributed by atoms with Crippen LogP contribution in [-0.4, -0.2) is 30.1 Å². The van der Waals surface area contributed by atoms with E-state index in [-0.39, 0.29) is 0 Å². The molecule has 1 heterocycles. The number of piperidine rings is 1. The zero-order valence-electron chi connectivity index (χ0n) is 10.9. The van der Waals surface area contributed by atoms with Crippen LogP contribution in [0.15, 0.2) is 22.7 Å². The predicted octanol–water partition coefficient (Wildman–Crippen LogP) is 4.34. The fourth-order valence-electron chi connectivity index (χ4n) is 2.39. The Labute approximate surface area is 132 Å². The molecule has 0 radical (unpaired) electrons. The van der Waals surface area contributed by atoms with E-state index >= 15 is 0 Å². The van der Waals surface area contributed by atoms with Crippen LogP contribution in [0.3, 0.4) is 0 Å². The van der Waals surface area contributed by atoms with Crippen LogP contribution in [0.25, 0.3) is 0 Å². The Morgan fingerprint density at radius 3 is 2.61 bits per heavy atom. The number of hydrogen-bond acceptors (Lipinski definition) is 2. The fraction of sp³-hybridized carbons (Fsp3) is 0.571. The average molecular weight is 423 g/mol. The summed E-state index contributed by atoms with van der Waals surface area (Å²) in [5, 5.41) is 3.69. The number of nitrogens with zero attached hydrogens (tertiary/aromatic N) is 1. The summed E-state index contributed by atoms with van der Waals surface area (Å²) in [5.41, 5.74) is 1.26. The number of hydrogen-bond donors (Lipinski definition) is 1. The first-order chi connectivity index (χ1) is 8.56. The van der Waals surface area contributed by atoms with Crippen molar-refractivity contribution in [1.29, 1.82) is 0 Å². The van der Waals surface area contributed by atoms with Gasteiger partial charge in [-0.25, -0.2) is 0 Å². The molecule has 2 nitrogen and oxygen atoms in total. The number of halogens is 2. The molecule has 0 atom stereocenters. The standard InChI is InChI=1S/C14H20BrIN2/c1-10(2)18-7-5-12(6-8-18)17-14-9-11(15)3-4-13(14)16/h3-4,9-10,12,17H,5-8H2,1-2H3. The molecule has 0 unspecified atom stereocenters. The number of anilines is 1. The van der Waals surface area contributed by atoms with Gasteiger partial charge in [0.1, 0.15) is 0 Å². The molecule has 0 aromatic heterocycles. The lowest BCUT2D eigenvalue weighted by molar-refractivity contribution is 0.177. The van der Waals surface area contributed by atoms with Gasteiger partial charge in [0.05, 0.1) is 0 Å². The van der Waals surface area contributed by atoms with Gasteiger partial charge in [0, 0.05) is 38.9 Å². The lowest BCUT2D eigenvalue weighted by Gasteiger charge is -2.35. The van der Waals surface area contributed by atoms with Crippen molar-refractivity contribution in [1.82, 2.24) is 4.90 Å². The highest BCUT2D eigenvalue weighted by Gasteiger charge is 2.20. The van der Waals surface area contributed by atoms with Gasteiger partial charge in [0.2, 0.25) is 0 Å². The normalized spacial score (nSPS) is 18.3. The van der Waals surface area contributed by atoms with Crippen LogP contribution in [0.1, 0.15) is 26.7 Å². The maximum atomic E-state index is 3.69. The lowest BCUT2D eigenvalue weighted by atomic mass is 10.0. The van der Waals surface area contributed by atoms with Gasteiger partial charge >= 0.3 is 0 Å². The Balaban J connectivity index is 1.93. The topological polar surface area (TPSA) is 15.3 Å². The first kappa shape index (κ1) is 14.6. The summed E-state index contributed by atoms with van der Waals surface area (Å²) in [6, 6.07) is 7.71. The highest BCUT2D eigenvalue weighted by Crippen LogP contribution is 2.25. The number of benzene rings is 1. The van der Waals surface area contributed by atoms with Crippen molar-refractivity contribution < 1.29 is 0 Å². The minimum atomic E-state index is 0.614. The molecule has 1 fully saturated rings. The van der Waals surface area contributed by atoms with Crippen LogP contribution in [0.2, 0.25) is 0 Å². The molecule has 0 spiro atoms. The van der Waals surface area contributed by atoms with E-state index < -0.39 is 0 Å². The zero-order chi connectivity index (χ0) is 13.1. The van der Waals surface area contributed by atoms with Crippen LogP contribution in [0.5, 0.6) is 0 Å². The summed E-state index contributed by atoms with van der Waals surface area (Å²) in [7, 11) is 0. The maximum Gasteiger partial charge on any atom is 0.0489 e. The van der Waals surface area contributed by atoms with E-state index in [2.05, 4.69) is 80.8 Å². The van der Waals surface area contributed by atoms with Gasteiger partial charge in [0.15, 0.2) is 0 Å². The Morgan fingerprint density at radius 1 is 1.33 bits per heavy atom. The number of likely N-dealkylation sites (tertiary alicyclic amines) is 1. The predicted molar refractivity (Wildman–Crippen MR) is 90.2 cm³/mol. The molecule has 1 saturated heterocycles. The lowest BCUT2D eigenvalue weighted by Crippen LogP contribution is -2.42. The van der Waals surface area contributed by atoms with E-state index in [1.807, 2.05) is 0 Å². The van der Waals surface area contributed by atoms with E-state index in [0.29, 0.717) is 12.1 Å². The SMILES string of the molecule is CC(C)N1CCC(Nc2cc(Br)ccc2I)CC1. The molecule has 1 aromatic carbocycles. The van der Waals surface area contributed by atoms with Gasteiger partial charge in [-0.3, -0.25) is 0 Å². The summed E-state index contributed by atoms with van der Waals surface area (Å²) >= 11 is 5.93. The van der Waals surface area contributed by atoms with E-state index in [4.69, 9.17) is 0 Å². The molecule has 1 N–H and O–H groups in total. The third kappa shape index (κ3) is 3.84. The van der Waals surface area contributed by atoms with Gasteiger partial charge in [-0.2, -0.15) is 0 Å². The second-order valence-electron chi connectivity index (χ2n) is 5.17. The Morgan fingerprint density at radius 2 is 2.00 bits per heavy atom. The van der Waals surface area contributed by atoms with Gasteiger partial charge < -0.3 is 10.2 Å². The van der Waals surface area contributed by atoms with Crippen LogP contribution < -0.4 is 5.32 Å². The molecule has 0 bridgehead atoms. The van der Waals surface area contributed by atoms with E-state index in [9.17, 15) is 0 Å². The quantitative estimate of drug-likeness (QED) is 0.729. The highest BCUT2D eigenvalue weighted by atomic mass is 127. The fourth-order valence-corrected chi connectivity index (χ4v) is 3.24. The van der Waals surface area contributed by atoms with E-state index in [1.54, 1.807) is 0 Å². The van der Waals surface area contributed by atoms with Crippen LogP contribution in [0, 0.1) is 3.57 Å². The third-order valence-electron chi connectivity index (χ3n) is 3.55. The van der Waals surface area contributed by atoms with Crippen molar-refractivity contribution in [3.8, 4) is 0 Å². The molecule has 2 rings (SSSR count). The van der Waals surface area contributed by atoms with Crippen LogP contribution >= 0.6 is 38.5 Å². The smallest absolute Gasteiger partial charge is 0.0489 e. The number of rotatable bonds is 3. The molecule has 0 amide bonds. The van der Waals surface area contributed by atoms with Crippen LogP contribution in [0.4, 0.5) is 5.69 Å². The summed E-state index contributed by atoms with van der Waals surface area (Å²) in [6.07, 6.45) is 2.47. The van der Waals surface area contributed by atoms with Crippen molar-refractivity contribution in [2.24, 2.45) is 0 Å². The zero-order valence-corrected chi connectivity index (χ0v) is 14.7. The largest absolute Gasteiger partial charge is 0.381 e. The van der Waals surface area contributed by atoms with Gasteiger partial charge in [-0.1, -0.05) is 15.9 Å². The van der Waals surface area contributed by atoms with Crippen LogP contribution in [-0.2, 0) is 0 Å². The van der Waals surface area contributed by atoms with E-state index in [0.717, 1.165) is 4.47 Å². The van der Waals surface area contributed by atoms with Crippen molar-refractivity contribution in [3.63, 3.8) is 0 Å². The summed E-state index contributed by atoms with van der Waals surface area (Å²) < 4.78 is 2.44. The van der Waals surface area contributed by atoms with Crippen molar-refractivity contribution in [3.05, 3.63) is 26.2 Å². The summed E-state index contributed by atoms with van der Waals surface area (Å²) in [5.74, 6) is 0. The summed E-state index contributed by atoms with van der Waals surface area (Å²) in [4.78, 5) is 2.56. The molecule has 100 valence electrons. The molecule has 1 aromatic rings. The molecule has 0 aliphatic carbocycles. The Bertz CT molecular complexity index is 401. The molecule has 1 aliphatic rings. The molecular weight excluding hydrogens is 403 g/mol. The van der Waals surface area contributed by atoms with Gasteiger partial charge in [0.25, 0.3) is 0 Å². The number of nitrogens with one attached hydrogen (secondary N) is 1. The molecule has 4 heteroatoms. The average Bonchev–Trinajstić information content (AvgIpc) is 2.34. The second-order valence-corrected chi connectivity index (χ2v) is 7.25. The molecule has 18 heavy (non-hydrogen) atoms.